The van der Waals surface area contributed by atoms with Crippen LogP contribution in [0, 0.1) is 12.7 Å². The van der Waals surface area contributed by atoms with Crippen molar-refractivity contribution in [2.75, 3.05) is 5.32 Å². The third-order valence-corrected chi connectivity index (χ3v) is 3.04. The SMILES string of the molecule is Cc1ccc(CNC(=O)Nc2ccc(Cl)cc2)cc1F. The van der Waals surface area contributed by atoms with E-state index in [0.29, 0.717) is 21.8 Å². The monoisotopic (exact) mass is 292 g/mol. The highest BCUT2D eigenvalue weighted by Gasteiger charge is 2.03. The molecule has 0 fully saturated rings. The minimum absolute atomic E-state index is 0.261. The lowest BCUT2D eigenvalue weighted by atomic mass is 10.1. The fraction of sp³-hybridized carbons (Fsp3) is 0.133. The van der Waals surface area contributed by atoms with Gasteiger partial charge in [0.15, 0.2) is 0 Å². The van der Waals surface area contributed by atoms with Crippen LogP contribution in [-0.2, 0) is 6.54 Å². The summed E-state index contributed by atoms with van der Waals surface area (Å²) in [6, 6.07) is 11.3. The van der Waals surface area contributed by atoms with Gasteiger partial charge < -0.3 is 10.6 Å². The van der Waals surface area contributed by atoms with Crippen LogP contribution in [0.25, 0.3) is 0 Å². The Kier molecular flexibility index (Phi) is 4.58. The molecule has 0 saturated heterocycles. The maximum Gasteiger partial charge on any atom is 0.319 e. The molecule has 2 aromatic rings. The van der Waals surface area contributed by atoms with E-state index in [9.17, 15) is 9.18 Å². The Morgan fingerprint density at radius 3 is 2.55 bits per heavy atom. The number of hydrogen-bond acceptors (Lipinski definition) is 1. The molecule has 20 heavy (non-hydrogen) atoms. The predicted octanol–water partition coefficient (Wildman–Crippen LogP) is 4.11. The van der Waals surface area contributed by atoms with Crippen molar-refractivity contribution in [3.8, 4) is 0 Å². The fourth-order valence-corrected chi connectivity index (χ4v) is 1.76. The maximum atomic E-state index is 13.3. The third kappa shape index (κ3) is 3.96. The molecule has 0 saturated carbocycles. The smallest absolute Gasteiger partial charge is 0.319 e. The quantitative estimate of drug-likeness (QED) is 0.878. The number of aryl methyl sites for hydroxylation is 1. The maximum absolute atomic E-state index is 13.3. The van der Waals surface area contributed by atoms with E-state index < -0.39 is 0 Å². The van der Waals surface area contributed by atoms with Gasteiger partial charge in [-0.1, -0.05) is 23.7 Å². The van der Waals surface area contributed by atoms with Gasteiger partial charge in [-0.15, -0.1) is 0 Å². The number of carbonyl (C=O) groups is 1. The summed E-state index contributed by atoms with van der Waals surface area (Å²) < 4.78 is 13.3. The number of amides is 2. The second kappa shape index (κ2) is 6.39. The van der Waals surface area contributed by atoms with Crippen LogP contribution in [0.15, 0.2) is 42.5 Å². The molecule has 104 valence electrons. The number of anilines is 1. The molecule has 0 spiro atoms. The number of carbonyl (C=O) groups excluding carboxylic acids is 1. The van der Waals surface area contributed by atoms with E-state index in [2.05, 4.69) is 10.6 Å². The molecule has 0 atom stereocenters. The summed E-state index contributed by atoms with van der Waals surface area (Å²) in [5.41, 5.74) is 1.93. The first-order valence-electron chi connectivity index (χ1n) is 6.10. The second-order valence-electron chi connectivity index (χ2n) is 4.40. The fourth-order valence-electron chi connectivity index (χ4n) is 1.64. The summed E-state index contributed by atoms with van der Waals surface area (Å²) in [7, 11) is 0. The highest BCUT2D eigenvalue weighted by Crippen LogP contribution is 2.13. The molecule has 5 heteroatoms. The second-order valence-corrected chi connectivity index (χ2v) is 4.83. The van der Waals surface area contributed by atoms with Crippen LogP contribution in [0.1, 0.15) is 11.1 Å². The highest BCUT2D eigenvalue weighted by atomic mass is 35.5. The van der Waals surface area contributed by atoms with E-state index in [1.165, 1.54) is 6.07 Å². The van der Waals surface area contributed by atoms with Crippen molar-refractivity contribution < 1.29 is 9.18 Å². The van der Waals surface area contributed by atoms with Gasteiger partial charge in [0.2, 0.25) is 0 Å². The largest absolute Gasteiger partial charge is 0.334 e. The minimum atomic E-state index is -0.353. The molecule has 3 nitrogen and oxygen atoms in total. The van der Waals surface area contributed by atoms with Crippen LogP contribution in [0.3, 0.4) is 0 Å². The average Bonchev–Trinajstić information content (AvgIpc) is 2.43. The number of hydrogen-bond donors (Lipinski definition) is 2. The van der Waals surface area contributed by atoms with Crippen molar-refractivity contribution in [2.45, 2.75) is 13.5 Å². The van der Waals surface area contributed by atoms with Crippen LogP contribution < -0.4 is 10.6 Å². The molecule has 2 N–H and O–H groups in total. The summed E-state index contributed by atoms with van der Waals surface area (Å²) in [5.74, 6) is -0.276. The molecule has 2 rings (SSSR count). The van der Waals surface area contributed by atoms with Gasteiger partial charge in [0, 0.05) is 17.3 Å². The molecular weight excluding hydrogens is 279 g/mol. The molecule has 0 bridgehead atoms. The van der Waals surface area contributed by atoms with E-state index in [4.69, 9.17) is 11.6 Å². The van der Waals surface area contributed by atoms with E-state index in [1.54, 1.807) is 43.3 Å². The molecule has 0 heterocycles. The van der Waals surface area contributed by atoms with Crippen LogP contribution >= 0.6 is 11.6 Å². The van der Waals surface area contributed by atoms with Gasteiger partial charge in [-0.2, -0.15) is 0 Å². The Labute approximate surface area is 121 Å². The third-order valence-electron chi connectivity index (χ3n) is 2.79. The molecule has 2 amide bonds. The van der Waals surface area contributed by atoms with Crippen molar-refractivity contribution in [1.82, 2.24) is 5.32 Å². The number of urea groups is 1. The zero-order valence-electron chi connectivity index (χ0n) is 10.9. The predicted molar refractivity (Wildman–Crippen MR) is 78.4 cm³/mol. The zero-order valence-corrected chi connectivity index (χ0v) is 11.7. The lowest BCUT2D eigenvalue weighted by Gasteiger charge is -2.08. The minimum Gasteiger partial charge on any atom is -0.334 e. The number of halogens is 2. The van der Waals surface area contributed by atoms with Gasteiger partial charge in [-0.05, 0) is 48.4 Å². The summed E-state index contributed by atoms with van der Waals surface area (Å²) in [4.78, 5) is 11.7. The van der Waals surface area contributed by atoms with Crippen molar-refractivity contribution in [1.29, 1.82) is 0 Å². The summed E-state index contributed by atoms with van der Waals surface area (Å²) in [5, 5.41) is 5.92. The van der Waals surface area contributed by atoms with Crippen molar-refractivity contribution >= 4 is 23.3 Å². The normalized spacial score (nSPS) is 10.2. The molecule has 0 radical (unpaired) electrons. The molecule has 0 unspecified atom stereocenters. The van der Waals surface area contributed by atoms with Gasteiger partial charge in [0.1, 0.15) is 5.82 Å². The van der Waals surface area contributed by atoms with Crippen LogP contribution in [-0.4, -0.2) is 6.03 Å². The highest BCUT2D eigenvalue weighted by molar-refractivity contribution is 6.30. The summed E-state index contributed by atoms with van der Waals surface area (Å²) in [6.45, 7) is 1.95. The average molecular weight is 293 g/mol. The zero-order chi connectivity index (χ0) is 14.5. The molecule has 0 aliphatic rings. The Morgan fingerprint density at radius 2 is 1.90 bits per heavy atom. The van der Waals surface area contributed by atoms with Crippen LogP contribution in [0.5, 0.6) is 0 Å². The summed E-state index contributed by atoms with van der Waals surface area (Å²) in [6.07, 6.45) is 0. The van der Waals surface area contributed by atoms with Crippen molar-refractivity contribution in [3.63, 3.8) is 0 Å². The lowest BCUT2D eigenvalue weighted by molar-refractivity contribution is 0.251. The van der Waals surface area contributed by atoms with Crippen molar-refractivity contribution in [2.24, 2.45) is 0 Å². The summed E-state index contributed by atoms with van der Waals surface area (Å²) >= 11 is 5.75. The Hall–Kier alpha value is -2.07. The number of benzene rings is 2. The van der Waals surface area contributed by atoms with E-state index in [1.807, 2.05) is 0 Å². The van der Waals surface area contributed by atoms with Crippen molar-refractivity contribution in [3.05, 3.63) is 64.4 Å². The lowest BCUT2D eigenvalue weighted by Crippen LogP contribution is -2.28. The first kappa shape index (κ1) is 14.3. The number of rotatable bonds is 3. The molecule has 0 aliphatic heterocycles. The first-order chi connectivity index (χ1) is 9.54. The topological polar surface area (TPSA) is 41.1 Å². The number of nitrogens with one attached hydrogen (secondary N) is 2. The van der Waals surface area contributed by atoms with Gasteiger partial charge >= 0.3 is 6.03 Å². The van der Waals surface area contributed by atoms with E-state index in [-0.39, 0.29) is 18.4 Å². The first-order valence-corrected chi connectivity index (χ1v) is 6.48. The molecule has 2 aromatic carbocycles. The Balaban J connectivity index is 1.88. The molecule has 0 aromatic heterocycles. The Morgan fingerprint density at radius 1 is 1.20 bits per heavy atom. The molecular formula is C15H14ClFN2O. The van der Waals surface area contributed by atoms with Gasteiger partial charge in [0.05, 0.1) is 0 Å². The molecule has 0 aliphatic carbocycles. The van der Waals surface area contributed by atoms with Crippen LogP contribution in [0.2, 0.25) is 5.02 Å². The van der Waals surface area contributed by atoms with E-state index >= 15 is 0 Å². The van der Waals surface area contributed by atoms with Gasteiger partial charge in [0.25, 0.3) is 0 Å². The van der Waals surface area contributed by atoms with Gasteiger partial charge in [-0.25, -0.2) is 9.18 Å². The Bertz CT molecular complexity index is 614. The van der Waals surface area contributed by atoms with E-state index in [0.717, 1.165) is 0 Å². The standard InChI is InChI=1S/C15H14ClFN2O/c1-10-2-3-11(8-14(10)17)9-18-15(20)19-13-6-4-12(16)5-7-13/h2-8H,9H2,1H3,(H2,18,19,20). The van der Waals surface area contributed by atoms with Crippen LogP contribution in [0.4, 0.5) is 14.9 Å². The van der Waals surface area contributed by atoms with Gasteiger partial charge in [-0.3, -0.25) is 0 Å².